The minimum absolute atomic E-state index is 0.0349. The van der Waals surface area contributed by atoms with Crippen LogP contribution in [0.15, 0.2) is 29.6 Å². The molecule has 2 saturated carbocycles. The summed E-state index contributed by atoms with van der Waals surface area (Å²) in [7, 11) is 0. The van der Waals surface area contributed by atoms with Gasteiger partial charge in [-0.2, -0.15) is 0 Å². The number of Topliss-reactive ketones (excluding diaryl/α,β-unsaturated/α-hetero) is 1. The number of ether oxygens (including phenoxy) is 1. The molecule has 0 radical (unpaired) electrons. The number of anilines is 1. The fourth-order valence-corrected chi connectivity index (χ4v) is 5.25. The highest BCUT2D eigenvalue weighted by Crippen LogP contribution is 2.40. The Hall–Kier alpha value is -2.54. The minimum Gasteiger partial charge on any atom is -0.459 e. The van der Waals surface area contributed by atoms with Crippen LogP contribution in [-0.2, 0) is 32.1 Å². The average Bonchev–Trinajstić information content (AvgIpc) is 3.15. The molecule has 2 aromatic rings. The zero-order valence-electron chi connectivity index (χ0n) is 17.1. The van der Waals surface area contributed by atoms with E-state index < -0.39 is 0 Å². The molecule has 1 heterocycles. The van der Waals surface area contributed by atoms with Crippen molar-refractivity contribution in [3.8, 4) is 0 Å². The summed E-state index contributed by atoms with van der Waals surface area (Å²) < 4.78 is 5.49. The number of esters is 1. The van der Waals surface area contributed by atoms with E-state index >= 15 is 0 Å². The molecule has 2 bridgehead atoms. The molecule has 2 fully saturated rings. The molecule has 1 aromatic carbocycles. The van der Waals surface area contributed by atoms with Gasteiger partial charge >= 0.3 is 5.97 Å². The number of carbonyl (C=O) groups excluding carboxylic acids is 3. The van der Waals surface area contributed by atoms with Crippen LogP contribution < -0.4 is 5.32 Å². The maximum atomic E-state index is 12.5. The van der Waals surface area contributed by atoms with E-state index in [4.69, 9.17) is 4.74 Å². The Balaban J connectivity index is 1.26. The van der Waals surface area contributed by atoms with Crippen molar-refractivity contribution in [1.82, 2.24) is 4.98 Å². The van der Waals surface area contributed by atoms with Crippen LogP contribution in [0.25, 0.3) is 0 Å². The van der Waals surface area contributed by atoms with E-state index in [1.807, 2.05) is 36.6 Å². The third-order valence-electron chi connectivity index (χ3n) is 6.07. The standard InChI is InChI=1S/C23H26N2O4S/c1-14-5-2-3-8-19(14)25-20(26)11-21-24-18(13-30-21)12-29-23(28)17-9-15-6-4-7-16(10-17)22(15)27/h2-3,5,8,13,15-17H,4,6-7,9-12H2,1H3,(H,25,26)/t15-,16+,17?. The topological polar surface area (TPSA) is 85.4 Å². The Kier molecular flexibility index (Phi) is 6.27. The number of aryl methyl sites for hydroxylation is 1. The molecule has 4 rings (SSSR count). The molecule has 0 saturated heterocycles. The number of fused-ring (bicyclic) bond motifs is 2. The first kappa shape index (κ1) is 20.7. The summed E-state index contributed by atoms with van der Waals surface area (Å²) >= 11 is 1.39. The van der Waals surface area contributed by atoms with Gasteiger partial charge in [0.25, 0.3) is 0 Å². The number of hydrogen-bond donors (Lipinski definition) is 1. The molecule has 158 valence electrons. The lowest BCUT2D eigenvalue weighted by atomic mass is 9.67. The second kappa shape index (κ2) is 9.08. The fraction of sp³-hybridized carbons (Fsp3) is 0.478. The lowest BCUT2D eigenvalue weighted by Gasteiger charge is -2.36. The molecule has 30 heavy (non-hydrogen) atoms. The van der Waals surface area contributed by atoms with Gasteiger partial charge in [-0.25, -0.2) is 4.98 Å². The average molecular weight is 427 g/mol. The summed E-state index contributed by atoms with van der Waals surface area (Å²) in [5, 5.41) is 5.41. The van der Waals surface area contributed by atoms with Gasteiger partial charge < -0.3 is 10.1 Å². The first-order valence-corrected chi connectivity index (χ1v) is 11.4. The number of aromatic nitrogens is 1. The Morgan fingerprint density at radius 1 is 1.20 bits per heavy atom. The van der Waals surface area contributed by atoms with Crippen LogP contribution in [-0.4, -0.2) is 22.6 Å². The van der Waals surface area contributed by atoms with Gasteiger partial charge in [0.15, 0.2) is 0 Å². The van der Waals surface area contributed by atoms with Crippen molar-refractivity contribution in [2.75, 3.05) is 5.32 Å². The number of carbonyl (C=O) groups is 3. The molecule has 7 heteroatoms. The van der Waals surface area contributed by atoms with Gasteiger partial charge in [-0.15, -0.1) is 11.3 Å². The van der Waals surface area contributed by atoms with Crippen molar-refractivity contribution in [3.05, 3.63) is 45.9 Å². The van der Waals surface area contributed by atoms with Crippen molar-refractivity contribution in [3.63, 3.8) is 0 Å². The van der Waals surface area contributed by atoms with Gasteiger partial charge in [0, 0.05) is 22.9 Å². The van der Waals surface area contributed by atoms with Crippen molar-refractivity contribution in [2.24, 2.45) is 17.8 Å². The van der Waals surface area contributed by atoms with Crippen molar-refractivity contribution >= 4 is 34.7 Å². The van der Waals surface area contributed by atoms with Gasteiger partial charge in [-0.1, -0.05) is 24.6 Å². The first-order chi connectivity index (χ1) is 14.5. The molecule has 0 aliphatic heterocycles. The van der Waals surface area contributed by atoms with Gasteiger partial charge in [-0.05, 0) is 44.2 Å². The number of nitrogens with zero attached hydrogens (tertiary/aromatic N) is 1. The molecule has 1 amide bonds. The van der Waals surface area contributed by atoms with Crippen molar-refractivity contribution in [2.45, 2.75) is 52.1 Å². The van der Waals surface area contributed by atoms with Crippen LogP contribution in [0.4, 0.5) is 5.69 Å². The van der Waals surface area contributed by atoms with Gasteiger partial charge in [0.1, 0.15) is 17.4 Å². The predicted octanol–water partition coefficient (Wildman–Crippen LogP) is 4.07. The van der Waals surface area contributed by atoms with Gasteiger partial charge in [0.2, 0.25) is 5.91 Å². The highest BCUT2D eigenvalue weighted by Gasteiger charge is 2.41. The normalized spacial score (nSPS) is 23.1. The Labute approximate surface area is 180 Å². The number of ketones is 1. The van der Waals surface area contributed by atoms with Crippen LogP contribution in [0, 0.1) is 24.7 Å². The zero-order chi connectivity index (χ0) is 21.1. The van der Waals surface area contributed by atoms with E-state index in [1.54, 1.807) is 0 Å². The molecule has 1 aromatic heterocycles. The molecule has 2 aliphatic carbocycles. The molecular formula is C23H26N2O4S. The lowest BCUT2D eigenvalue weighted by molar-refractivity contribution is -0.154. The molecule has 0 spiro atoms. The summed E-state index contributed by atoms with van der Waals surface area (Å²) in [5.41, 5.74) is 2.45. The Morgan fingerprint density at radius 3 is 2.67 bits per heavy atom. The maximum Gasteiger partial charge on any atom is 0.309 e. The SMILES string of the molecule is Cc1ccccc1NC(=O)Cc1nc(COC(=O)C2C[C@H]3CCC[C@@H](C2)C3=O)cs1. The Morgan fingerprint density at radius 2 is 1.93 bits per heavy atom. The molecular weight excluding hydrogens is 400 g/mol. The Bertz CT molecular complexity index is 938. The summed E-state index contributed by atoms with van der Waals surface area (Å²) in [4.78, 5) is 41.4. The molecule has 2 aliphatic rings. The van der Waals surface area contributed by atoms with E-state index in [0.717, 1.165) is 30.5 Å². The number of thiazole rings is 1. The van der Waals surface area contributed by atoms with Crippen LogP contribution in [0.3, 0.4) is 0 Å². The molecule has 6 nitrogen and oxygen atoms in total. The minimum atomic E-state index is -0.230. The highest BCUT2D eigenvalue weighted by atomic mass is 32.1. The van der Waals surface area contributed by atoms with Crippen LogP contribution >= 0.6 is 11.3 Å². The third-order valence-corrected chi connectivity index (χ3v) is 6.97. The lowest BCUT2D eigenvalue weighted by Crippen LogP contribution is -2.39. The number of rotatable bonds is 6. The number of hydrogen-bond acceptors (Lipinski definition) is 6. The maximum absolute atomic E-state index is 12.5. The number of nitrogens with one attached hydrogen (secondary N) is 1. The van der Waals surface area contributed by atoms with Gasteiger partial charge in [0.05, 0.1) is 18.0 Å². The van der Waals surface area contributed by atoms with E-state index in [1.165, 1.54) is 11.3 Å². The second-order valence-electron chi connectivity index (χ2n) is 8.28. The molecule has 1 unspecified atom stereocenters. The van der Waals surface area contributed by atoms with Crippen molar-refractivity contribution < 1.29 is 19.1 Å². The number of benzene rings is 1. The highest BCUT2D eigenvalue weighted by molar-refractivity contribution is 7.09. The van der Waals surface area contributed by atoms with Crippen LogP contribution in [0.2, 0.25) is 0 Å². The van der Waals surface area contributed by atoms with E-state index in [9.17, 15) is 14.4 Å². The molecule has 1 N–H and O–H groups in total. The van der Waals surface area contributed by atoms with E-state index in [0.29, 0.717) is 29.3 Å². The number of amides is 1. The van der Waals surface area contributed by atoms with E-state index in [2.05, 4.69) is 10.3 Å². The quantitative estimate of drug-likeness (QED) is 0.704. The summed E-state index contributed by atoms with van der Waals surface area (Å²) in [6.45, 7) is 2.05. The predicted molar refractivity (Wildman–Crippen MR) is 114 cm³/mol. The summed E-state index contributed by atoms with van der Waals surface area (Å²) in [6.07, 6.45) is 4.31. The first-order valence-electron chi connectivity index (χ1n) is 10.5. The largest absolute Gasteiger partial charge is 0.459 e. The van der Waals surface area contributed by atoms with Crippen LogP contribution in [0.5, 0.6) is 0 Å². The van der Waals surface area contributed by atoms with Crippen LogP contribution in [0.1, 0.15) is 48.4 Å². The zero-order valence-corrected chi connectivity index (χ0v) is 17.9. The fourth-order valence-electron chi connectivity index (χ4n) is 4.48. The monoisotopic (exact) mass is 426 g/mol. The second-order valence-corrected chi connectivity index (χ2v) is 9.22. The number of para-hydroxylation sites is 1. The smallest absolute Gasteiger partial charge is 0.309 e. The van der Waals surface area contributed by atoms with E-state index in [-0.39, 0.29) is 42.7 Å². The summed E-state index contributed by atoms with van der Waals surface area (Å²) in [5.74, 6) is -0.123. The summed E-state index contributed by atoms with van der Waals surface area (Å²) in [6, 6.07) is 7.62. The van der Waals surface area contributed by atoms with Gasteiger partial charge in [-0.3, -0.25) is 14.4 Å². The third kappa shape index (κ3) is 4.78. The molecule has 3 atom stereocenters. The van der Waals surface area contributed by atoms with Crippen molar-refractivity contribution in [1.29, 1.82) is 0 Å².